The Labute approximate surface area is 224 Å². The van der Waals surface area contributed by atoms with Crippen LogP contribution in [0.25, 0.3) is 0 Å². The molecule has 0 amide bonds. The van der Waals surface area contributed by atoms with E-state index in [9.17, 15) is 26.4 Å². The molecular weight excluding hydrogens is 607 g/mol. The van der Waals surface area contributed by atoms with Gasteiger partial charge >= 0.3 is 6.61 Å². The summed E-state index contributed by atoms with van der Waals surface area (Å²) in [6, 6.07) is 1.92. The number of ether oxygens (including phenoxy) is 2. The van der Waals surface area contributed by atoms with Crippen LogP contribution in [0.2, 0.25) is 5.02 Å². The van der Waals surface area contributed by atoms with Crippen molar-refractivity contribution in [3.05, 3.63) is 38.3 Å². The van der Waals surface area contributed by atoms with E-state index in [-0.39, 0.29) is 54.4 Å². The summed E-state index contributed by atoms with van der Waals surface area (Å²) in [7, 11) is -4.27. The van der Waals surface area contributed by atoms with Gasteiger partial charge in [-0.05, 0) is 53.7 Å². The molecule has 2 aliphatic rings. The molecule has 2 aromatic rings. The number of anilines is 1. The molecule has 0 bridgehead atoms. The summed E-state index contributed by atoms with van der Waals surface area (Å²) >= 11 is 9.30. The van der Waals surface area contributed by atoms with Crippen molar-refractivity contribution in [2.75, 3.05) is 38.2 Å². The van der Waals surface area contributed by atoms with Gasteiger partial charge in [0.15, 0.2) is 11.4 Å². The average molecular weight is 631 g/mol. The summed E-state index contributed by atoms with van der Waals surface area (Å²) < 4.78 is 78.6. The summed E-state index contributed by atoms with van der Waals surface area (Å²) in [4.78, 5) is 16.7. The van der Waals surface area contributed by atoms with Gasteiger partial charge in [-0.1, -0.05) is 11.6 Å². The van der Waals surface area contributed by atoms with Gasteiger partial charge in [0.05, 0.1) is 31.1 Å². The van der Waals surface area contributed by atoms with Crippen molar-refractivity contribution in [2.45, 2.75) is 49.0 Å². The fourth-order valence-corrected chi connectivity index (χ4v) is 6.41. The van der Waals surface area contributed by atoms with Gasteiger partial charge in [0, 0.05) is 19.7 Å². The van der Waals surface area contributed by atoms with E-state index in [4.69, 9.17) is 16.3 Å². The lowest BCUT2D eigenvalue weighted by molar-refractivity contribution is -0.0522. The number of sulfonamides is 1. The lowest BCUT2D eigenvalue weighted by atomic mass is 9.99. The Hall–Kier alpha value is -1.94. The van der Waals surface area contributed by atoms with E-state index in [0.717, 1.165) is 10.4 Å². The van der Waals surface area contributed by atoms with Crippen LogP contribution in [0.1, 0.15) is 31.7 Å². The molecule has 1 N–H and O–H groups in total. The summed E-state index contributed by atoms with van der Waals surface area (Å²) in [6.07, 6.45) is 2.67. The number of pyridine rings is 1. The van der Waals surface area contributed by atoms with Crippen LogP contribution in [0.5, 0.6) is 5.75 Å². The molecule has 1 atom stereocenters. The Morgan fingerprint density at radius 3 is 2.70 bits per heavy atom. The van der Waals surface area contributed by atoms with Gasteiger partial charge in [0.1, 0.15) is 9.63 Å². The highest BCUT2D eigenvalue weighted by Crippen LogP contribution is 2.32. The lowest BCUT2D eigenvalue weighted by Crippen LogP contribution is -2.42. The van der Waals surface area contributed by atoms with E-state index in [2.05, 4.69) is 36.1 Å². The van der Waals surface area contributed by atoms with Crippen LogP contribution in [0, 0.1) is 0 Å². The number of rotatable bonds is 8. The third-order valence-corrected chi connectivity index (χ3v) is 8.81. The fraction of sp³-hybridized carbons (Fsp3) is 0.571. The Balaban J connectivity index is 1.45. The Morgan fingerprint density at radius 1 is 1.32 bits per heavy atom. The lowest BCUT2D eigenvalue weighted by Gasteiger charge is -2.32. The minimum atomic E-state index is -4.27. The second kappa shape index (κ2) is 11.4. The molecule has 37 heavy (non-hydrogen) atoms. The predicted octanol–water partition coefficient (Wildman–Crippen LogP) is 3.61. The highest BCUT2D eigenvalue weighted by atomic mass is 79.9. The number of alkyl halides is 3. The van der Waals surface area contributed by atoms with Crippen molar-refractivity contribution < 1.29 is 31.1 Å². The molecule has 4 rings (SSSR count). The van der Waals surface area contributed by atoms with Crippen LogP contribution in [-0.2, 0) is 14.8 Å². The highest BCUT2D eigenvalue weighted by Gasteiger charge is 2.35. The molecule has 1 unspecified atom stereocenters. The van der Waals surface area contributed by atoms with Crippen LogP contribution < -0.4 is 15.6 Å². The first-order valence-electron chi connectivity index (χ1n) is 11.4. The third kappa shape index (κ3) is 6.38. The Kier molecular flexibility index (Phi) is 8.68. The summed E-state index contributed by atoms with van der Waals surface area (Å²) in [5.74, 6) is -0.567. The summed E-state index contributed by atoms with van der Waals surface area (Å²) in [5.41, 5.74) is -1.97. The molecule has 0 aromatic carbocycles. The van der Waals surface area contributed by atoms with Gasteiger partial charge < -0.3 is 14.8 Å². The van der Waals surface area contributed by atoms with Crippen molar-refractivity contribution in [1.29, 1.82) is 0 Å². The highest BCUT2D eigenvalue weighted by molar-refractivity contribution is 9.10. The maximum Gasteiger partial charge on any atom is 0.387 e. The van der Waals surface area contributed by atoms with Crippen molar-refractivity contribution in [3.8, 4) is 5.75 Å². The predicted molar refractivity (Wildman–Crippen MR) is 131 cm³/mol. The van der Waals surface area contributed by atoms with Gasteiger partial charge in [-0.25, -0.2) is 22.5 Å². The Bertz CT molecular complexity index is 1290. The molecule has 16 heteroatoms. The quantitative estimate of drug-likeness (QED) is 0.440. The molecule has 204 valence electrons. The largest absolute Gasteiger partial charge is 0.432 e. The number of halogens is 5. The number of hydrogen-bond acceptors (Lipinski definition) is 8. The normalized spacial score (nSPS) is 21.8. The van der Waals surface area contributed by atoms with E-state index in [1.165, 1.54) is 16.9 Å². The van der Waals surface area contributed by atoms with Crippen molar-refractivity contribution in [2.24, 2.45) is 0 Å². The molecule has 0 radical (unpaired) electrons. The zero-order valence-corrected chi connectivity index (χ0v) is 22.5. The second-order valence-electron chi connectivity index (χ2n) is 8.73. The van der Waals surface area contributed by atoms with Crippen molar-refractivity contribution >= 4 is 43.2 Å². The fourth-order valence-electron chi connectivity index (χ4n) is 4.26. The molecule has 2 saturated heterocycles. The number of nitrogens with zero attached hydrogens (tertiary/aromatic N) is 4. The monoisotopic (exact) mass is 629 g/mol. The first kappa shape index (κ1) is 28.1. The molecule has 4 heterocycles. The zero-order chi connectivity index (χ0) is 26.8. The summed E-state index contributed by atoms with van der Waals surface area (Å²) in [5, 5.41) is 6.21. The van der Waals surface area contributed by atoms with Gasteiger partial charge in [-0.15, -0.1) is 0 Å². The number of aromatic nitrogens is 3. The number of hydrogen-bond donors (Lipinski definition) is 1. The number of piperidine rings is 1. The van der Waals surface area contributed by atoms with Crippen molar-refractivity contribution in [3.63, 3.8) is 0 Å². The third-order valence-electron chi connectivity index (χ3n) is 6.17. The first-order valence-corrected chi connectivity index (χ1v) is 14.0. The van der Waals surface area contributed by atoms with Crippen LogP contribution in [0.15, 0.2) is 32.8 Å². The van der Waals surface area contributed by atoms with Crippen LogP contribution in [-0.4, -0.2) is 72.6 Å². The van der Waals surface area contributed by atoms with Crippen molar-refractivity contribution in [1.82, 2.24) is 19.1 Å². The molecule has 2 aromatic heterocycles. The van der Waals surface area contributed by atoms with Crippen LogP contribution in [0.4, 0.5) is 18.9 Å². The van der Waals surface area contributed by atoms with Crippen LogP contribution in [0.3, 0.4) is 0 Å². The smallest absolute Gasteiger partial charge is 0.387 e. The standard InChI is InChI=1S/C21H24BrClF3N5O5S/c22-16-3-2-15(36-20(24)25)18(29-16)37(33,34)30-7-4-13(5-8-30)31-19(32)17(23)14(10-28-31)27-11-21(26)6-1-9-35-12-21/h2-3,10,13,20,27H,1,4-9,11-12H2. The molecule has 0 aliphatic carbocycles. The Morgan fingerprint density at radius 2 is 2.05 bits per heavy atom. The van der Waals surface area contributed by atoms with Gasteiger partial charge in [0.2, 0.25) is 5.03 Å². The summed E-state index contributed by atoms with van der Waals surface area (Å²) in [6.45, 7) is -2.90. The first-order chi connectivity index (χ1) is 17.5. The van der Waals surface area contributed by atoms with E-state index in [0.29, 0.717) is 19.4 Å². The maximum atomic E-state index is 14.8. The van der Waals surface area contributed by atoms with E-state index >= 15 is 0 Å². The molecular formula is C21H24BrClF3N5O5S. The van der Waals surface area contributed by atoms with E-state index in [1.807, 2.05) is 0 Å². The minimum Gasteiger partial charge on any atom is -0.432 e. The second-order valence-corrected chi connectivity index (χ2v) is 11.8. The molecule has 0 saturated carbocycles. The van der Waals surface area contributed by atoms with E-state index in [1.54, 1.807) is 0 Å². The van der Waals surface area contributed by atoms with Gasteiger partial charge in [-0.2, -0.15) is 18.2 Å². The molecule has 2 fully saturated rings. The van der Waals surface area contributed by atoms with Crippen LogP contribution >= 0.6 is 27.5 Å². The van der Waals surface area contributed by atoms with Gasteiger partial charge in [-0.3, -0.25) is 4.79 Å². The molecule has 0 spiro atoms. The minimum absolute atomic E-state index is 0.0224. The topological polar surface area (TPSA) is 116 Å². The molecule has 2 aliphatic heterocycles. The zero-order valence-electron chi connectivity index (χ0n) is 19.4. The number of nitrogens with one attached hydrogen (secondary N) is 1. The SMILES string of the molecule is O=c1c(Cl)c(NCC2(F)CCCOC2)cnn1C1CCN(S(=O)(=O)c2nc(Br)ccc2OC(F)F)CC1. The van der Waals surface area contributed by atoms with Gasteiger partial charge in [0.25, 0.3) is 15.6 Å². The average Bonchev–Trinajstić information content (AvgIpc) is 2.86. The maximum absolute atomic E-state index is 14.8. The molecule has 10 nitrogen and oxygen atoms in total. The van der Waals surface area contributed by atoms with E-state index < -0.39 is 44.7 Å².